The van der Waals surface area contributed by atoms with Crippen LogP contribution in [0.15, 0.2) is 18.2 Å². The molecule has 5 N–H and O–H groups in total. The molecule has 1 aromatic carbocycles. The summed E-state index contributed by atoms with van der Waals surface area (Å²) in [6, 6.07) is 3.65. The third-order valence-corrected chi connectivity index (χ3v) is 2.63. The van der Waals surface area contributed by atoms with Crippen molar-refractivity contribution < 1.29 is 20.4 Å². The lowest BCUT2D eigenvalue weighted by molar-refractivity contribution is 0.0401. The summed E-state index contributed by atoms with van der Waals surface area (Å²) in [5, 5.41) is 40.5. The van der Waals surface area contributed by atoms with E-state index in [1.165, 1.54) is 18.2 Å². The Morgan fingerprint density at radius 1 is 1.19 bits per heavy atom. The van der Waals surface area contributed by atoms with E-state index in [1.807, 2.05) is 0 Å². The van der Waals surface area contributed by atoms with E-state index >= 15 is 0 Å². The fourth-order valence-corrected chi connectivity index (χ4v) is 1.80. The zero-order chi connectivity index (χ0) is 11.0. The van der Waals surface area contributed by atoms with Crippen molar-refractivity contribution in [2.75, 3.05) is 6.54 Å². The molecule has 1 saturated heterocycles. The average Bonchev–Trinajstić information content (AvgIpc) is 2.49. The Balaban J connectivity index is 0.00000128. The predicted octanol–water partition coefficient (Wildman–Crippen LogP) is -0.114. The van der Waals surface area contributed by atoms with Gasteiger partial charge in [0.05, 0.1) is 12.1 Å². The number of β-amino-alcohol motifs (C(OH)–C–C–N with tert-alkyl or cyclic N) is 1. The van der Waals surface area contributed by atoms with Crippen LogP contribution < -0.4 is 5.32 Å². The number of rotatable bonds is 1. The standard InChI is InChI=1S/C10H13NO4.ClH/c12-5-1-2-6(7(13)3-5)9-10(15)8(14)4-11-9;/h1-3,8-15H,4H2;1H/t8-,9-,10+;/m1./s1. The van der Waals surface area contributed by atoms with Gasteiger partial charge in [-0.1, -0.05) is 0 Å². The van der Waals surface area contributed by atoms with Crippen molar-refractivity contribution in [1.29, 1.82) is 0 Å². The second-order valence-corrected chi connectivity index (χ2v) is 3.69. The highest BCUT2D eigenvalue weighted by Gasteiger charge is 2.35. The van der Waals surface area contributed by atoms with Gasteiger partial charge in [-0.3, -0.25) is 0 Å². The maximum atomic E-state index is 9.62. The van der Waals surface area contributed by atoms with Gasteiger partial charge in [0.2, 0.25) is 0 Å². The summed E-state index contributed by atoms with van der Waals surface area (Å²) in [6.07, 6.45) is -1.77. The van der Waals surface area contributed by atoms with E-state index in [9.17, 15) is 15.3 Å². The van der Waals surface area contributed by atoms with Crippen LogP contribution in [0.3, 0.4) is 0 Å². The molecule has 1 aliphatic heterocycles. The zero-order valence-corrected chi connectivity index (χ0v) is 9.18. The van der Waals surface area contributed by atoms with E-state index in [-0.39, 0.29) is 30.5 Å². The molecular weight excluding hydrogens is 234 g/mol. The van der Waals surface area contributed by atoms with Gasteiger partial charge < -0.3 is 25.7 Å². The van der Waals surface area contributed by atoms with E-state index in [1.54, 1.807) is 0 Å². The van der Waals surface area contributed by atoms with Gasteiger partial charge in [-0.25, -0.2) is 0 Å². The number of benzene rings is 1. The van der Waals surface area contributed by atoms with Crippen molar-refractivity contribution >= 4 is 12.4 Å². The summed E-state index contributed by atoms with van der Waals surface area (Å²) in [5.41, 5.74) is 0.469. The summed E-state index contributed by atoms with van der Waals surface area (Å²) in [4.78, 5) is 0. The molecule has 1 heterocycles. The number of phenolic OH excluding ortho intramolecular Hbond substituents is 2. The molecule has 6 heteroatoms. The maximum absolute atomic E-state index is 9.62. The first-order chi connectivity index (χ1) is 7.09. The van der Waals surface area contributed by atoms with Gasteiger partial charge in [0.1, 0.15) is 17.6 Å². The Hall–Kier alpha value is -1.01. The topological polar surface area (TPSA) is 93.0 Å². The molecule has 0 bridgehead atoms. The zero-order valence-electron chi connectivity index (χ0n) is 8.37. The lowest BCUT2D eigenvalue weighted by Gasteiger charge is -2.17. The number of phenols is 2. The van der Waals surface area contributed by atoms with Crippen molar-refractivity contribution in [1.82, 2.24) is 5.32 Å². The predicted molar refractivity (Wildman–Crippen MR) is 59.8 cm³/mol. The van der Waals surface area contributed by atoms with Crippen LogP contribution in [-0.2, 0) is 0 Å². The van der Waals surface area contributed by atoms with Crippen LogP contribution in [0.4, 0.5) is 0 Å². The minimum absolute atomic E-state index is 0. The molecule has 1 aromatic rings. The number of nitrogens with one attached hydrogen (secondary N) is 1. The summed E-state index contributed by atoms with van der Waals surface area (Å²) in [6.45, 7) is 0.284. The fourth-order valence-electron chi connectivity index (χ4n) is 1.80. The second kappa shape index (κ2) is 4.88. The van der Waals surface area contributed by atoms with Gasteiger partial charge >= 0.3 is 0 Å². The molecule has 0 amide bonds. The van der Waals surface area contributed by atoms with E-state index in [2.05, 4.69) is 5.32 Å². The number of hydrogen-bond acceptors (Lipinski definition) is 5. The smallest absolute Gasteiger partial charge is 0.124 e. The van der Waals surface area contributed by atoms with Crippen LogP contribution in [0.2, 0.25) is 0 Å². The van der Waals surface area contributed by atoms with Gasteiger partial charge in [0.15, 0.2) is 0 Å². The van der Waals surface area contributed by atoms with Crippen LogP contribution in [0.1, 0.15) is 11.6 Å². The summed E-state index contributed by atoms with van der Waals surface area (Å²) in [5.74, 6) is -0.134. The van der Waals surface area contributed by atoms with E-state index in [0.717, 1.165) is 0 Å². The van der Waals surface area contributed by atoms with Crippen molar-refractivity contribution in [2.24, 2.45) is 0 Å². The summed E-state index contributed by atoms with van der Waals surface area (Å²) in [7, 11) is 0. The number of aliphatic hydroxyl groups excluding tert-OH is 2. The van der Waals surface area contributed by atoms with E-state index in [4.69, 9.17) is 5.11 Å². The molecule has 0 aliphatic carbocycles. The summed E-state index contributed by atoms with van der Waals surface area (Å²) >= 11 is 0. The van der Waals surface area contributed by atoms with Crippen molar-refractivity contribution in [2.45, 2.75) is 18.2 Å². The van der Waals surface area contributed by atoms with Crippen LogP contribution in [0.25, 0.3) is 0 Å². The molecule has 1 fully saturated rings. The van der Waals surface area contributed by atoms with Crippen molar-refractivity contribution in [3.8, 4) is 11.5 Å². The third-order valence-electron chi connectivity index (χ3n) is 2.63. The lowest BCUT2D eigenvalue weighted by atomic mass is 10.0. The second-order valence-electron chi connectivity index (χ2n) is 3.69. The summed E-state index contributed by atoms with van der Waals surface area (Å²) < 4.78 is 0. The lowest BCUT2D eigenvalue weighted by Crippen LogP contribution is -2.25. The highest BCUT2D eigenvalue weighted by atomic mass is 35.5. The SMILES string of the molecule is Cl.Oc1ccc([C@H]2NC[C@@H](O)[C@@H]2O)c(O)c1. The Morgan fingerprint density at radius 2 is 1.88 bits per heavy atom. The molecule has 5 nitrogen and oxygen atoms in total. The largest absolute Gasteiger partial charge is 0.508 e. The van der Waals surface area contributed by atoms with Crippen molar-refractivity contribution in [3.05, 3.63) is 23.8 Å². The van der Waals surface area contributed by atoms with Crippen LogP contribution >= 0.6 is 12.4 Å². The average molecular weight is 248 g/mol. The number of hydrogen-bond donors (Lipinski definition) is 5. The molecule has 0 unspecified atom stereocenters. The van der Waals surface area contributed by atoms with Gasteiger partial charge in [-0.05, 0) is 12.1 Å². The highest BCUT2D eigenvalue weighted by molar-refractivity contribution is 5.85. The number of aromatic hydroxyl groups is 2. The Kier molecular flexibility index (Phi) is 3.98. The normalized spacial score (nSPS) is 28.8. The fraction of sp³-hybridized carbons (Fsp3) is 0.400. The van der Waals surface area contributed by atoms with E-state index in [0.29, 0.717) is 5.56 Å². The quantitative estimate of drug-likeness (QED) is 0.477. The van der Waals surface area contributed by atoms with Gasteiger partial charge in [0.25, 0.3) is 0 Å². The minimum Gasteiger partial charge on any atom is -0.508 e. The molecule has 0 radical (unpaired) electrons. The molecule has 1 aliphatic rings. The first kappa shape index (κ1) is 13.1. The molecular formula is C10H14ClNO4. The first-order valence-electron chi connectivity index (χ1n) is 4.71. The maximum Gasteiger partial charge on any atom is 0.124 e. The molecule has 2 rings (SSSR count). The molecule has 3 atom stereocenters. The van der Waals surface area contributed by atoms with Gasteiger partial charge in [-0.15, -0.1) is 12.4 Å². The van der Waals surface area contributed by atoms with Crippen LogP contribution in [0.5, 0.6) is 11.5 Å². The molecule has 0 saturated carbocycles. The number of aliphatic hydroxyl groups is 2. The van der Waals surface area contributed by atoms with Gasteiger partial charge in [0, 0.05) is 18.2 Å². The van der Waals surface area contributed by atoms with Crippen LogP contribution in [0, 0.1) is 0 Å². The first-order valence-corrected chi connectivity index (χ1v) is 4.71. The highest BCUT2D eigenvalue weighted by Crippen LogP contribution is 2.32. The Labute approximate surface area is 98.8 Å². The Bertz CT molecular complexity index is 374. The molecule has 0 aromatic heterocycles. The monoisotopic (exact) mass is 247 g/mol. The Morgan fingerprint density at radius 3 is 2.38 bits per heavy atom. The third kappa shape index (κ3) is 2.22. The van der Waals surface area contributed by atoms with Crippen LogP contribution in [-0.4, -0.2) is 39.2 Å². The van der Waals surface area contributed by atoms with Gasteiger partial charge in [-0.2, -0.15) is 0 Å². The minimum atomic E-state index is -0.944. The van der Waals surface area contributed by atoms with E-state index < -0.39 is 18.2 Å². The number of halogens is 1. The van der Waals surface area contributed by atoms with Crippen molar-refractivity contribution in [3.63, 3.8) is 0 Å². The molecule has 0 spiro atoms. The molecule has 16 heavy (non-hydrogen) atoms. The molecule has 90 valence electrons.